The highest BCUT2D eigenvalue weighted by Crippen LogP contribution is 2.33. The summed E-state index contributed by atoms with van der Waals surface area (Å²) >= 11 is 0. The summed E-state index contributed by atoms with van der Waals surface area (Å²) in [6.45, 7) is 3.22. The summed E-state index contributed by atoms with van der Waals surface area (Å²) in [7, 11) is 0. The number of nitrogens with zero attached hydrogens (tertiary/aromatic N) is 4. The molecule has 3 heterocycles. The molecule has 0 aliphatic carbocycles. The molecule has 4 nitrogen and oxygen atoms in total. The van der Waals surface area contributed by atoms with Gasteiger partial charge in [0.2, 0.25) is 0 Å². The molecular weight excluding hydrogens is 260 g/mol. The number of aromatic nitrogens is 2. The Labute approximate surface area is 125 Å². The van der Waals surface area contributed by atoms with E-state index in [2.05, 4.69) is 21.8 Å². The Morgan fingerprint density at radius 1 is 1.05 bits per heavy atom. The fourth-order valence-electron chi connectivity index (χ4n) is 2.69. The van der Waals surface area contributed by atoms with E-state index < -0.39 is 0 Å². The first-order valence-electron chi connectivity index (χ1n) is 7.54. The molecule has 3 rings (SSSR count). The molecule has 0 saturated carbocycles. The van der Waals surface area contributed by atoms with Gasteiger partial charge in [0.15, 0.2) is 0 Å². The number of fused-ring (bicyclic) bond motifs is 1. The van der Waals surface area contributed by atoms with Crippen molar-refractivity contribution in [1.82, 2.24) is 9.97 Å². The lowest BCUT2D eigenvalue weighted by atomic mass is 10.1. The van der Waals surface area contributed by atoms with Gasteiger partial charge in [0.1, 0.15) is 6.17 Å². The summed E-state index contributed by atoms with van der Waals surface area (Å²) in [6, 6.07) is 6.10. The molecule has 1 aliphatic rings. The molecule has 0 amide bonds. The summed E-state index contributed by atoms with van der Waals surface area (Å²) in [5, 5.41) is 0. The van der Waals surface area contributed by atoms with E-state index in [0.717, 1.165) is 12.1 Å². The lowest BCUT2D eigenvalue weighted by Crippen LogP contribution is -2.32. The van der Waals surface area contributed by atoms with Crippen molar-refractivity contribution in [3.63, 3.8) is 0 Å². The molecule has 0 saturated heterocycles. The van der Waals surface area contributed by atoms with Crippen LogP contribution in [0.3, 0.4) is 0 Å². The van der Waals surface area contributed by atoms with E-state index in [0.29, 0.717) is 0 Å². The second-order valence-electron chi connectivity index (χ2n) is 5.27. The Hall–Kier alpha value is -2.23. The molecule has 0 aromatic carbocycles. The third kappa shape index (κ3) is 2.94. The Balaban J connectivity index is 1.92. The lowest BCUT2D eigenvalue weighted by molar-refractivity contribution is 0.598. The maximum absolute atomic E-state index is 4.75. The minimum Gasteiger partial charge on any atom is -0.344 e. The topological polar surface area (TPSA) is 41.4 Å². The first-order chi connectivity index (χ1) is 10.4. The molecule has 2 aromatic heterocycles. The Morgan fingerprint density at radius 2 is 1.86 bits per heavy atom. The molecule has 0 radical (unpaired) electrons. The smallest absolute Gasteiger partial charge is 0.147 e. The van der Waals surface area contributed by atoms with Gasteiger partial charge >= 0.3 is 0 Å². The minimum absolute atomic E-state index is 0.0292. The van der Waals surface area contributed by atoms with Crippen LogP contribution in [0.1, 0.15) is 43.5 Å². The normalized spacial score (nSPS) is 16.8. The number of aliphatic imine (C=N–C) groups is 1. The van der Waals surface area contributed by atoms with E-state index in [-0.39, 0.29) is 6.17 Å². The van der Waals surface area contributed by atoms with E-state index in [1.807, 2.05) is 49.2 Å². The first kappa shape index (κ1) is 13.7. The van der Waals surface area contributed by atoms with Crippen LogP contribution in [0.4, 0.5) is 5.69 Å². The van der Waals surface area contributed by atoms with Crippen molar-refractivity contribution in [2.75, 3.05) is 11.4 Å². The fraction of sp³-hybridized carbons (Fsp3) is 0.353. The summed E-state index contributed by atoms with van der Waals surface area (Å²) < 4.78 is 0. The first-order valence-corrected chi connectivity index (χ1v) is 7.54. The van der Waals surface area contributed by atoms with Crippen molar-refractivity contribution in [3.05, 3.63) is 54.1 Å². The SMILES string of the molecule is CCCCCN1c2cnccc2C=NC1c1ccncc1. The monoisotopic (exact) mass is 280 g/mol. The van der Waals surface area contributed by atoms with E-state index in [1.54, 1.807) is 0 Å². The van der Waals surface area contributed by atoms with Crippen LogP contribution >= 0.6 is 0 Å². The molecule has 0 N–H and O–H groups in total. The van der Waals surface area contributed by atoms with E-state index >= 15 is 0 Å². The van der Waals surface area contributed by atoms with Gasteiger partial charge in [-0.25, -0.2) is 0 Å². The molecule has 4 heteroatoms. The Morgan fingerprint density at radius 3 is 2.67 bits per heavy atom. The predicted molar refractivity (Wildman–Crippen MR) is 85.7 cm³/mol. The van der Waals surface area contributed by atoms with Gasteiger partial charge in [0.25, 0.3) is 0 Å². The number of anilines is 1. The van der Waals surface area contributed by atoms with Crippen molar-refractivity contribution in [1.29, 1.82) is 0 Å². The molecule has 1 atom stereocenters. The van der Waals surface area contributed by atoms with Crippen molar-refractivity contribution in [3.8, 4) is 0 Å². The molecule has 0 spiro atoms. The minimum atomic E-state index is 0.0292. The van der Waals surface area contributed by atoms with Gasteiger partial charge < -0.3 is 4.90 Å². The summed E-state index contributed by atoms with van der Waals surface area (Å²) in [6.07, 6.45) is 13.0. The maximum atomic E-state index is 4.75. The van der Waals surface area contributed by atoms with Crippen LogP contribution in [0.15, 0.2) is 48.0 Å². The molecule has 2 aromatic rings. The summed E-state index contributed by atoms with van der Waals surface area (Å²) in [5.74, 6) is 0. The van der Waals surface area contributed by atoms with Crippen molar-refractivity contribution in [2.24, 2.45) is 4.99 Å². The fourth-order valence-corrected chi connectivity index (χ4v) is 2.69. The third-order valence-corrected chi connectivity index (χ3v) is 3.80. The van der Waals surface area contributed by atoms with E-state index in [4.69, 9.17) is 4.99 Å². The van der Waals surface area contributed by atoms with Crippen molar-refractivity contribution >= 4 is 11.9 Å². The van der Waals surface area contributed by atoms with Gasteiger partial charge in [-0.05, 0) is 30.2 Å². The van der Waals surface area contributed by atoms with E-state index in [9.17, 15) is 0 Å². The Kier molecular flexibility index (Phi) is 4.24. The predicted octanol–water partition coefficient (Wildman–Crippen LogP) is 3.60. The van der Waals surface area contributed by atoms with Gasteiger partial charge in [-0.1, -0.05) is 19.8 Å². The quantitative estimate of drug-likeness (QED) is 0.786. The highest BCUT2D eigenvalue weighted by Gasteiger charge is 2.24. The lowest BCUT2D eigenvalue weighted by Gasteiger charge is -2.34. The van der Waals surface area contributed by atoms with Crippen LogP contribution in [0.5, 0.6) is 0 Å². The second-order valence-corrected chi connectivity index (χ2v) is 5.27. The molecule has 1 aliphatic heterocycles. The maximum Gasteiger partial charge on any atom is 0.147 e. The van der Waals surface area contributed by atoms with Crippen LogP contribution in [0.2, 0.25) is 0 Å². The van der Waals surface area contributed by atoms with Crippen LogP contribution in [-0.4, -0.2) is 22.7 Å². The summed E-state index contributed by atoms with van der Waals surface area (Å²) in [4.78, 5) is 15.5. The Bertz CT molecular complexity index is 609. The molecule has 21 heavy (non-hydrogen) atoms. The average molecular weight is 280 g/mol. The number of unbranched alkanes of at least 4 members (excludes halogenated alkanes) is 2. The number of rotatable bonds is 5. The highest BCUT2D eigenvalue weighted by molar-refractivity contribution is 5.89. The van der Waals surface area contributed by atoms with Crippen LogP contribution in [-0.2, 0) is 0 Å². The zero-order valence-electron chi connectivity index (χ0n) is 12.3. The second kappa shape index (κ2) is 6.48. The molecular formula is C17H20N4. The standard InChI is InChI=1S/C17H20N4/c1-2-3-4-11-21-16-13-19-10-7-15(16)12-20-17(21)14-5-8-18-9-6-14/h5-10,12-13,17H,2-4,11H2,1H3. The van der Waals surface area contributed by atoms with Crippen LogP contribution in [0.25, 0.3) is 0 Å². The molecule has 0 bridgehead atoms. The van der Waals surface area contributed by atoms with Gasteiger partial charge in [-0.2, -0.15) is 0 Å². The number of hydrogen-bond donors (Lipinski definition) is 0. The van der Waals surface area contributed by atoms with Crippen molar-refractivity contribution < 1.29 is 0 Å². The zero-order chi connectivity index (χ0) is 14.5. The van der Waals surface area contributed by atoms with Gasteiger partial charge in [0, 0.05) is 36.9 Å². The molecule has 1 unspecified atom stereocenters. The largest absolute Gasteiger partial charge is 0.344 e. The third-order valence-electron chi connectivity index (χ3n) is 3.80. The molecule has 0 fully saturated rings. The number of hydrogen-bond acceptors (Lipinski definition) is 4. The van der Waals surface area contributed by atoms with Gasteiger partial charge in [-0.3, -0.25) is 15.0 Å². The van der Waals surface area contributed by atoms with Gasteiger partial charge in [0.05, 0.1) is 11.9 Å². The zero-order valence-corrected chi connectivity index (χ0v) is 12.3. The molecule has 108 valence electrons. The van der Waals surface area contributed by atoms with Gasteiger partial charge in [-0.15, -0.1) is 0 Å². The highest BCUT2D eigenvalue weighted by atomic mass is 15.3. The van der Waals surface area contributed by atoms with E-state index in [1.165, 1.54) is 30.5 Å². The summed E-state index contributed by atoms with van der Waals surface area (Å²) in [5.41, 5.74) is 3.49. The average Bonchev–Trinajstić information content (AvgIpc) is 2.56. The van der Waals surface area contributed by atoms with Crippen LogP contribution in [0, 0.1) is 0 Å². The van der Waals surface area contributed by atoms with Crippen molar-refractivity contribution in [2.45, 2.75) is 32.4 Å². The number of pyridine rings is 2. The van der Waals surface area contributed by atoms with Crippen LogP contribution < -0.4 is 4.90 Å².